The molecule has 7 nitrogen and oxygen atoms in total. The average molecular weight is 335 g/mol. The van der Waals surface area contributed by atoms with Crippen molar-refractivity contribution < 1.29 is 4.79 Å². The molecule has 1 aromatic heterocycles. The number of azo groups is 1. The van der Waals surface area contributed by atoms with Crippen molar-refractivity contribution in [3.8, 4) is 11.3 Å². The maximum absolute atomic E-state index is 12.0. The van der Waals surface area contributed by atoms with Crippen LogP contribution in [0.1, 0.15) is 6.92 Å². The minimum absolute atomic E-state index is 0.0549. The van der Waals surface area contributed by atoms with Crippen molar-refractivity contribution in [3.63, 3.8) is 0 Å². The lowest BCUT2D eigenvalue weighted by atomic mass is 10.1. The maximum Gasteiger partial charge on any atom is 0.292 e. The molecule has 7 heteroatoms. The number of rotatable bonds is 4. The number of H-pyrrole nitrogens is 2. The summed E-state index contributed by atoms with van der Waals surface area (Å²) >= 11 is 0. The lowest BCUT2D eigenvalue weighted by molar-refractivity contribution is -0.116. The Morgan fingerprint density at radius 1 is 0.960 bits per heavy atom. The first kappa shape index (κ1) is 16.4. The minimum Gasteiger partial charge on any atom is -0.316 e. The van der Waals surface area contributed by atoms with Gasteiger partial charge in [0.25, 0.3) is 5.56 Å². The Morgan fingerprint density at radius 3 is 2.28 bits per heavy atom. The zero-order valence-electron chi connectivity index (χ0n) is 13.9. The van der Waals surface area contributed by atoms with E-state index in [1.165, 1.54) is 11.8 Å². The normalized spacial score (nSPS) is 11.0. The third kappa shape index (κ3) is 3.55. The summed E-state index contributed by atoms with van der Waals surface area (Å²) in [6.07, 6.45) is 0. The molecule has 3 rings (SSSR count). The van der Waals surface area contributed by atoms with Crippen LogP contribution in [0.4, 0.5) is 17.1 Å². The summed E-state index contributed by atoms with van der Waals surface area (Å²) in [5.74, 6) is -0.0549. The molecule has 0 saturated carbocycles. The SMILES string of the molecule is CC(=O)N(C)c1ccc(N=Nc2c(-c3ccccc3)[nH][nH]c2=O)cc1. The van der Waals surface area contributed by atoms with Crippen LogP contribution in [0.3, 0.4) is 0 Å². The Kier molecular flexibility index (Phi) is 4.56. The molecule has 3 aromatic rings. The molecule has 1 heterocycles. The van der Waals surface area contributed by atoms with Crippen LogP contribution in [0.25, 0.3) is 11.3 Å². The molecule has 25 heavy (non-hydrogen) atoms. The van der Waals surface area contributed by atoms with E-state index in [-0.39, 0.29) is 17.2 Å². The van der Waals surface area contributed by atoms with Gasteiger partial charge in [0.15, 0.2) is 5.69 Å². The van der Waals surface area contributed by atoms with Crippen LogP contribution in [0.5, 0.6) is 0 Å². The number of aromatic amines is 2. The Hall–Kier alpha value is -3.48. The monoisotopic (exact) mass is 335 g/mol. The fraction of sp³-hybridized carbons (Fsp3) is 0.111. The number of nitrogens with one attached hydrogen (secondary N) is 2. The van der Waals surface area contributed by atoms with Crippen molar-refractivity contribution in [2.45, 2.75) is 6.92 Å². The van der Waals surface area contributed by atoms with Crippen LogP contribution < -0.4 is 10.5 Å². The van der Waals surface area contributed by atoms with Crippen molar-refractivity contribution in [1.82, 2.24) is 10.2 Å². The van der Waals surface area contributed by atoms with E-state index in [4.69, 9.17) is 0 Å². The largest absolute Gasteiger partial charge is 0.316 e. The van der Waals surface area contributed by atoms with Crippen molar-refractivity contribution in [1.29, 1.82) is 0 Å². The zero-order chi connectivity index (χ0) is 17.8. The van der Waals surface area contributed by atoms with Crippen molar-refractivity contribution in [3.05, 3.63) is 65.0 Å². The molecule has 0 saturated heterocycles. The summed E-state index contributed by atoms with van der Waals surface area (Å²) in [6, 6.07) is 16.4. The van der Waals surface area contributed by atoms with Crippen LogP contribution in [0, 0.1) is 0 Å². The molecule has 2 N–H and O–H groups in total. The summed E-state index contributed by atoms with van der Waals surface area (Å²) in [5, 5.41) is 13.6. The molecule has 0 aliphatic heterocycles. The quantitative estimate of drug-likeness (QED) is 0.710. The van der Waals surface area contributed by atoms with Gasteiger partial charge in [-0.05, 0) is 24.3 Å². The van der Waals surface area contributed by atoms with Gasteiger partial charge in [-0.1, -0.05) is 30.3 Å². The van der Waals surface area contributed by atoms with Gasteiger partial charge < -0.3 is 4.90 Å². The van der Waals surface area contributed by atoms with E-state index in [2.05, 4.69) is 20.4 Å². The van der Waals surface area contributed by atoms with Gasteiger partial charge in [-0.2, -0.15) is 5.11 Å². The van der Waals surface area contributed by atoms with E-state index >= 15 is 0 Å². The van der Waals surface area contributed by atoms with Gasteiger partial charge in [-0.15, -0.1) is 5.11 Å². The molecule has 0 fully saturated rings. The number of carbonyl (C=O) groups excluding carboxylic acids is 1. The van der Waals surface area contributed by atoms with Gasteiger partial charge in [-0.3, -0.25) is 19.8 Å². The van der Waals surface area contributed by atoms with Crippen LogP contribution in [0.15, 0.2) is 69.6 Å². The first-order valence-corrected chi connectivity index (χ1v) is 7.68. The third-order valence-electron chi connectivity index (χ3n) is 3.79. The first-order valence-electron chi connectivity index (χ1n) is 7.68. The molecule has 0 unspecified atom stereocenters. The van der Waals surface area contributed by atoms with E-state index in [0.717, 1.165) is 11.3 Å². The zero-order valence-corrected chi connectivity index (χ0v) is 13.9. The second-order valence-electron chi connectivity index (χ2n) is 5.46. The Bertz CT molecular complexity index is 955. The summed E-state index contributed by atoms with van der Waals surface area (Å²) < 4.78 is 0. The van der Waals surface area contributed by atoms with Gasteiger partial charge in [0, 0.05) is 25.2 Å². The maximum atomic E-state index is 12.0. The topological polar surface area (TPSA) is 93.7 Å². The van der Waals surface area contributed by atoms with Gasteiger partial charge in [-0.25, -0.2) is 0 Å². The van der Waals surface area contributed by atoms with Crippen LogP contribution in [0.2, 0.25) is 0 Å². The standard InChI is InChI=1S/C18H17N5O2/c1-12(24)23(2)15-10-8-14(9-11-15)19-21-17-16(20-22-18(17)25)13-6-4-3-5-7-13/h3-11H,1-2H3,(H2,20,22,25). The van der Waals surface area contributed by atoms with Gasteiger partial charge in [0.1, 0.15) is 0 Å². The van der Waals surface area contributed by atoms with Crippen LogP contribution >= 0.6 is 0 Å². The van der Waals surface area contributed by atoms with Gasteiger partial charge >= 0.3 is 0 Å². The number of amides is 1. The van der Waals surface area contributed by atoms with Gasteiger partial charge in [0.2, 0.25) is 5.91 Å². The number of hydrogen-bond donors (Lipinski definition) is 2. The molecule has 0 atom stereocenters. The summed E-state index contributed by atoms with van der Waals surface area (Å²) in [7, 11) is 1.70. The lowest BCUT2D eigenvalue weighted by Crippen LogP contribution is -2.22. The number of nitrogens with zero attached hydrogens (tertiary/aromatic N) is 3. The number of benzene rings is 2. The van der Waals surface area contributed by atoms with Crippen molar-refractivity contribution in [2.75, 3.05) is 11.9 Å². The summed E-state index contributed by atoms with van der Waals surface area (Å²) in [6.45, 7) is 1.50. The number of carbonyl (C=O) groups is 1. The van der Waals surface area contributed by atoms with Crippen LogP contribution in [-0.4, -0.2) is 23.2 Å². The number of hydrogen-bond acceptors (Lipinski definition) is 4. The molecule has 0 spiro atoms. The fourth-order valence-corrected chi connectivity index (χ4v) is 2.29. The fourth-order valence-electron chi connectivity index (χ4n) is 2.29. The van der Waals surface area contributed by atoms with Gasteiger partial charge in [0.05, 0.1) is 11.4 Å². The van der Waals surface area contributed by atoms with E-state index in [1.54, 1.807) is 31.3 Å². The number of aromatic nitrogens is 2. The molecular weight excluding hydrogens is 318 g/mol. The van der Waals surface area contributed by atoms with E-state index < -0.39 is 0 Å². The molecule has 0 aliphatic carbocycles. The average Bonchev–Trinajstić information content (AvgIpc) is 3.01. The van der Waals surface area contributed by atoms with E-state index in [9.17, 15) is 9.59 Å². The molecule has 0 bridgehead atoms. The predicted molar refractivity (Wildman–Crippen MR) is 96.6 cm³/mol. The summed E-state index contributed by atoms with van der Waals surface area (Å²) in [5.41, 5.74) is 2.65. The molecule has 0 aliphatic rings. The van der Waals surface area contributed by atoms with Crippen molar-refractivity contribution in [2.24, 2.45) is 10.2 Å². The highest BCUT2D eigenvalue weighted by Gasteiger charge is 2.11. The predicted octanol–water partition coefficient (Wildman–Crippen LogP) is 3.77. The molecule has 2 aromatic carbocycles. The number of anilines is 1. The summed E-state index contributed by atoms with van der Waals surface area (Å²) in [4.78, 5) is 24.9. The highest BCUT2D eigenvalue weighted by Crippen LogP contribution is 2.26. The first-order chi connectivity index (χ1) is 12.1. The smallest absolute Gasteiger partial charge is 0.292 e. The lowest BCUT2D eigenvalue weighted by Gasteiger charge is -2.14. The van der Waals surface area contributed by atoms with Crippen LogP contribution in [-0.2, 0) is 4.79 Å². The highest BCUT2D eigenvalue weighted by molar-refractivity contribution is 5.90. The third-order valence-corrected chi connectivity index (χ3v) is 3.79. The Morgan fingerprint density at radius 2 is 1.64 bits per heavy atom. The Balaban J connectivity index is 1.87. The molecule has 0 radical (unpaired) electrons. The molecular formula is C18H17N5O2. The van der Waals surface area contributed by atoms with E-state index in [1.807, 2.05) is 30.3 Å². The Labute approximate surface area is 144 Å². The van der Waals surface area contributed by atoms with Crippen molar-refractivity contribution >= 4 is 23.0 Å². The second-order valence-corrected chi connectivity index (χ2v) is 5.46. The second kappa shape index (κ2) is 6.96. The highest BCUT2D eigenvalue weighted by atomic mass is 16.2. The minimum atomic E-state index is -0.337. The molecule has 1 amide bonds. The molecule has 126 valence electrons. The van der Waals surface area contributed by atoms with E-state index in [0.29, 0.717) is 11.4 Å².